The van der Waals surface area contributed by atoms with Crippen molar-refractivity contribution in [3.05, 3.63) is 23.8 Å². The van der Waals surface area contributed by atoms with Crippen molar-refractivity contribution in [2.75, 3.05) is 38.5 Å². The Kier molecular flexibility index (Phi) is 4.91. The van der Waals surface area contributed by atoms with E-state index in [2.05, 4.69) is 18.7 Å². The number of benzene rings is 1. The van der Waals surface area contributed by atoms with E-state index < -0.39 is 10.0 Å². The fourth-order valence-corrected chi connectivity index (χ4v) is 4.13. The van der Waals surface area contributed by atoms with Crippen molar-refractivity contribution in [1.82, 2.24) is 9.21 Å². The highest BCUT2D eigenvalue weighted by Gasteiger charge is 2.28. The Bertz CT molecular complexity index is 591. The largest absolute Gasteiger partial charge is 0.399 e. The number of nitrogen functional groups attached to an aromatic ring is 1. The summed E-state index contributed by atoms with van der Waals surface area (Å²) in [5.74, 6) is 0.605. The van der Waals surface area contributed by atoms with E-state index >= 15 is 0 Å². The van der Waals surface area contributed by atoms with E-state index in [1.165, 1.54) is 0 Å². The zero-order valence-corrected chi connectivity index (χ0v) is 13.9. The van der Waals surface area contributed by atoms with E-state index in [9.17, 15) is 8.42 Å². The van der Waals surface area contributed by atoms with Gasteiger partial charge in [0.15, 0.2) is 0 Å². The SMILES string of the molecule is Cc1cc(S(=O)(=O)N2CCN(CC(C)C)CC2)ccc1N. The molecule has 0 saturated carbocycles. The summed E-state index contributed by atoms with van der Waals surface area (Å²) in [6.45, 7) is 9.91. The number of hydrogen-bond acceptors (Lipinski definition) is 4. The summed E-state index contributed by atoms with van der Waals surface area (Å²) in [7, 11) is -3.40. The second kappa shape index (κ2) is 6.34. The molecule has 0 radical (unpaired) electrons. The molecule has 2 rings (SSSR count). The zero-order chi connectivity index (χ0) is 15.6. The monoisotopic (exact) mass is 311 g/mol. The predicted molar refractivity (Wildman–Crippen MR) is 85.6 cm³/mol. The maximum Gasteiger partial charge on any atom is 0.243 e. The molecule has 1 saturated heterocycles. The van der Waals surface area contributed by atoms with Crippen molar-refractivity contribution in [3.8, 4) is 0 Å². The minimum atomic E-state index is -3.40. The van der Waals surface area contributed by atoms with Crippen LogP contribution in [0, 0.1) is 12.8 Å². The third-order valence-electron chi connectivity index (χ3n) is 3.83. The molecule has 0 atom stereocenters. The van der Waals surface area contributed by atoms with Crippen LogP contribution >= 0.6 is 0 Å². The Morgan fingerprint density at radius 3 is 2.33 bits per heavy atom. The number of anilines is 1. The lowest BCUT2D eigenvalue weighted by Gasteiger charge is -2.34. The third kappa shape index (κ3) is 3.75. The third-order valence-corrected chi connectivity index (χ3v) is 5.73. The Hall–Kier alpha value is -1.11. The first-order chi connectivity index (χ1) is 9.80. The minimum Gasteiger partial charge on any atom is -0.399 e. The summed E-state index contributed by atoms with van der Waals surface area (Å²) in [4.78, 5) is 2.66. The summed E-state index contributed by atoms with van der Waals surface area (Å²) in [6.07, 6.45) is 0. The van der Waals surface area contributed by atoms with Crippen molar-refractivity contribution in [2.45, 2.75) is 25.7 Å². The molecule has 2 N–H and O–H groups in total. The Morgan fingerprint density at radius 2 is 1.81 bits per heavy atom. The van der Waals surface area contributed by atoms with Gasteiger partial charge in [-0.25, -0.2) is 8.42 Å². The normalized spacial score (nSPS) is 18.3. The number of sulfonamides is 1. The second-order valence-electron chi connectivity index (χ2n) is 6.12. The molecule has 0 spiro atoms. The summed E-state index contributed by atoms with van der Waals surface area (Å²) in [5.41, 5.74) is 7.18. The quantitative estimate of drug-likeness (QED) is 0.857. The number of piperazine rings is 1. The van der Waals surface area contributed by atoms with E-state index in [-0.39, 0.29) is 0 Å². The molecule has 1 heterocycles. The average Bonchev–Trinajstić information content (AvgIpc) is 2.41. The number of nitrogens with two attached hydrogens (primary N) is 1. The Morgan fingerprint density at radius 1 is 1.19 bits per heavy atom. The molecule has 1 fully saturated rings. The van der Waals surface area contributed by atoms with Crippen LogP contribution in [0.1, 0.15) is 19.4 Å². The van der Waals surface area contributed by atoms with Crippen LogP contribution in [-0.4, -0.2) is 50.3 Å². The van der Waals surface area contributed by atoms with Gasteiger partial charge in [-0.05, 0) is 36.6 Å². The van der Waals surface area contributed by atoms with Gasteiger partial charge in [-0.2, -0.15) is 4.31 Å². The first-order valence-electron chi connectivity index (χ1n) is 7.39. The van der Waals surface area contributed by atoms with E-state index in [4.69, 9.17) is 5.73 Å². The topological polar surface area (TPSA) is 66.6 Å². The molecular weight excluding hydrogens is 286 g/mol. The fourth-order valence-electron chi connectivity index (χ4n) is 2.63. The molecule has 1 aromatic rings. The molecule has 1 aliphatic heterocycles. The molecule has 0 bridgehead atoms. The van der Waals surface area contributed by atoms with Crippen LogP contribution in [0.15, 0.2) is 23.1 Å². The van der Waals surface area contributed by atoms with Crippen LogP contribution in [0.25, 0.3) is 0 Å². The van der Waals surface area contributed by atoms with Gasteiger partial charge in [0.1, 0.15) is 0 Å². The maximum atomic E-state index is 12.6. The van der Waals surface area contributed by atoms with Gasteiger partial charge < -0.3 is 10.6 Å². The first kappa shape index (κ1) is 16.3. The molecule has 0 aliphatic carbocycles. The smallest absolute Gasteiger partial charge is 0.243 e. The fraction of sp³-hybridized carbons (Fsp3) is 0.600. The van der Waals surface area contributed by atoms with E-state index in [0.717, 1.165) is 25.2 Å². The lowest BCUT2D eigenvalue weighted by Crippen LogP contribution is -2.49. The maximum absolute atomic E-state index is 12.6. The zero-order valence-electron chi connectivity index (χ0n) is 13.0. The van der Waals surface area contributed by atoms with Crippen molar-refractivity contribution in [1.29, 1.82) is 0 Å². The summed E-state index contributed by atoms with van der Waals surface area (Å²) < 4.78 is 26.9. The van der Waals surface area contributed by atoms with E-state index in [1.54, 1.807) is 22.5 Å². The Labute approximate surface area is 127 Å². The number of nitrogens with zero attached hydrogens (tertiary/aromatic N) is 2. The van der Waals surface area contributed by atoms with Crippen molar-refractivity contribution in [3.63, 3.8) is 0 Å². The molecule has 0 aromatic heterocycles. The van der Waals surface area contributed by atoms with Gasteiger partial charge in [0.25, 0.3) is 0 Å². The Balaban J connectivity index is 2.09. The summed E-state index contributed by atoms with van der Waals surface area (Å²) in [6, 6.07) is 4.92. The van der Waals surface area contributed by atoms with Gasteiger partial charge in [-0.3, -0.25) is 0 Å². The van der Waals surface area contributed by atoms with Crippen LogP contribution in [0.5, 0.6) is 0 Å². The molecule has 1 aliphatic rings. The second-order valence-corrected chi connectivity index (χ2v) is 8.05. The van der Waals surface area contributed by atoms with E-state index in [0.29, 0.717) is 29.6 Å². The molecule has 0 unspecified atom stereocenters. The lowest BCUT2D eigenvalue weighted by molar-refractivity contribution is 0.172. The van der Waals surface area contributed by atoms with Gasteiger partial charge in [0, 0.05) is 38.4 Å². The number of hydrogen-bond donors (Lipinski definition) is 1. The van der Waals surface area contributed by atoms with E-state index in [1.807, 2.05) is 6.92 Å². The first-order valence-corrected chi connectivity index (χ1v) is 8.83. The molecule has 6 heteroatoms. The highest BCUT2D eigenvalue weighted by Crippen LogP contribution is 2.21. The molecular formula is C15H25N3O2S. The number of rotatable bonds is 4. The van der Waals surface area contributed by atoms with Gasteiger partial charge in [-0.1, -0.05) is 13.8 Å². The van der Waals surface area contributed by atoms with Crippen LogP contribution in [0.2, 0.25) is 0 Å². The van der Waals surface area contributed by atoms with Crippen LogP contribution in [0.4, 0.5) is 5.69 Å². The molecule has 118 valence electrons. The average molecular weight is 311 g/mol. The van der Waals surface area contributed by atoms with Gasteiger partial charge >= 0.3 is 0 Å². The van der Waals surface area contributed by atoms with Gasteiger partial charge in [0.05, 0.1) is 4.90 Å². The summed E-state index contributed by atoms with van der Waals surface area (Å²) >= 11 is 0. The number of aryl methyl sites for hydroxylation is 1. The van der Waals surface area contributed by atoms with Gasteiger partial charge in [0.2, 0.25) is 10.0 Å². The van der Waals surface area contributed by atoms with Crippen LogP contribution < -0.4 is 5.73 Å². The molecule has 21 heavy (non-hydrogen) atoms. The van der Waals surface area contributed by atoms with Crippen molar-refractivity contribution in [2.24, 2.45) is 5.92 Å². The highest BCUT2D eigenvalue weighted by molar-refractivity contribution is 7.89. The van der Waals surface area contributed by atoms with Crippen molar-refractivity contribution >= 4 is 15.7 Å². The van der Waals surface area contributed by atoms with Crippen LogP contribution in [-0.2, 0) is 10.0 Å². The summed E-state index contributed by atoms with van der Waals surface area (Å²) in [5, 5.41) is 0. The standard InChI is InChI=1S/C15H25N3O2S/c1-12(2)11-17-6-8-18(9-7-17)21(19,20)14-4-5-15(16)13(3)10-14/h4-5,10,12H,6-9,11,16H2,1-3H3. The lowest BCUT2D eigenvalue weighted by atomic mass is 10.2. The van der Waals surface area contributed by atoms with Gasteiger partial charge in [-0.15, -0.1) is 0 Å². The molecule has 1 aromatic carbocycles. The predicted octanol–water partition coefficient (Wildman–Crippen LogP) is 1.54. The van der Waals surface area contributed by atoms with Crippen molar-refractivity contribution < 1.29 is 8.42 Å². The minimum absolute atomic E-state index is 0.339. The highest BCUT2D eigenvalue weighted by atomic mass is 32.2. The molecule has 5 nitrogen and oxygen atoms in total. The van der Waals surface area contributed by atoms with Crippen LogP contribution in [0.3, 0.4) is 0 Å². The molecule has 0 amide bonds.